The Bertz CT molecular complexity index is 1230. The fourth-order valence-corrected chi connectivity index (χ4v) is 4.49. The molecule has 0 aliphatic carbocycles. The van der Waals surface area contributed by atoms with Crippen molar-refractivity contribution in [2.45, 2.75) is 33.1 Å². The molecular weight excluding hydrogens is 499 g/mol. The second kappa shape index (κ2) is 8.99. The summed E-state index contributed by atoms with van der Waals surface area (Å²) in [6.07, 6.45) is 3.92. The van der Waals surface area contributed by atoms with Crippen molar-refractivity contribution in [3.63, 3.8) is 0 Å². The lowest BCUT2D eigenvalue weighted by atomic mass is 9.81. The highest BCUT2D eigenvalue weighted by Gasteiger charge is 2.42. The maximum Gasteiger partial charge on any atom is 0.343 e. The van der Waals surface area contributed by atoms with Gasteiger partial charge in [-0.25, -0.2) is 4.79 Å². The van der Waals surface area contributed by atoms with Crippen LogP contribution in [0, 0.1) is 0 Å². The Kier molecular flexibility index (Phi) is 6.74. The monoisotopic (exact) mass is 528 g/mol. The van der Waals surface area contributed by atoms with Crippen LogP contribution in [0.4, 0.5) is 11.4 Å². The Morgan fingerprint density at radius 2 is 1.74 bits per heavy atom. The number of allylic oxidation sites excluding steroid dienone is 1. The molecule has 0 atom stereocenters. The van der Waals surface area contributed by atoms with Gasteiger partial charge in [0.15, 0.2) is 5.71 Å². The van der Waals surface area contributed by atoms with E-state index >= 15 is 0 Å². The van der Waals surface area contributed by atoms with Crippen LogP contribution in [0.1, 0.15) is 38.8 Å². The molecule has 0 amide bonds. The summed E-state index contributed by atoms with van der Waals surface area (Å²) in [5, 5.41) is 0.928. The largest absolute Gasteiger partial charge is 1.00 e. The number of benzene rings is 2. The molecule has 1 aromatic heterocycles. The summed E-state index contributed by atoms with van der Waals surface area (Å²) in [4.78, 5) is 14.9. The van der Waals surface area contributed by atoms with Crippen LogP contribution in [0.5, 0.6) is 0 Å². The normalized spacial score (nSPS) is 14.7. The standard InChI is InChI=1S/C26H29N2O2.HI/c1-6-28(7-2)20-14-12-18-16-19(25(29)30-23(18)17-20)13-15-24-26(3,4)21-10-8-9-11-22(21)27(24)5;/h8-17H,6-7H2,1-5H3;1H/q+1;/p-1. The fourth-order valence-electron chi connectivity index (χ4n) is 4.49. The molecule has 2 heterocycles. The van der Waals surface area contributed by atoms with Gasteiger partial charge in [0.2, 0.25) is 5.69 Å². The topological polar surface area (TPSA) is 36.5 Å². The lowest BCUT2D eigenvalue weighted by molar-refractivity contribution is -0.401. The molecule has 4 rings (SSSR count). The highest BCUT2D eigenvalue weighted by atomic mass is 127. The number of para-hydroxylation sites is 1. The Hall–Kier alpha value is -2.41. The maximum atomic E-state index is 12.7. The van der Waals surface area contributed by atoms with Crippen molar-refractivity contribution in [3.05, 3.63) is 76.2 Å². The van der Waals surface area contributed by atoms with Crippen LogP contribution < -0.4 is 34.5 Å². The van der Waals surface area contributed by atoms with Gasteiger partial charge in [0.05, 0.1) is 11.0 Å². The van der Waals surface area contributed by atoms with E-state index in [1.165, 1.54) is 11.3 Å². The molecular formula is C26H29IN2O2. The minimum absolute atomic E-state index is 0. The highest BCUT2D eigenvalue weighted by molar-refractivity contribution is 6.05. The van der Waals surface area contributed by atoms with E-state index in [4.69, 9.17) is 4.42 Å². The van der Waals surface area contributed by atoms with Gasteiger partial charge in [-0.05, 0) is 52.0 Å². The zero-order valence-corrected chi connectivity index (χ0v) is 20.9. The first-order chi connectivity index (χ1) is 14.4. The first kappa shape index (κ1) is 23.3. The Morgan fingerprint density at radius 3 is 2.42 bits per heavy atom. The molecule has 162 valence electrons. The van der Waals surface area contributed by atoms with Gasteiger partial charge in [-0.2, -0.15) is 4.58 Å². The summed E-state index contributed by atoms with van der Waals surface area (Å²) in [5.74, 6) is 0. The summed E-state index contributed by atoms with van der Waals surface area (Å²) in [6, 6.07) is 16.4. The third-order valence-electron chi connectivity index (χ3n) is 6.24. The van der Waals surface area contributed by atoms with Crippen molar-refractivity contribution in [1.82, 2.24) is 0 Å². The average Bonchev–Trinajstić information content (AvgIpc) is 2.93. The molecule has 2 aromatic carbocycles. The van der Waals surface area contributed by atoms with Crippen LogP contribution >= 0.6 is 0 Å². The number of hydrogen-bond donors (Lipinski definition) is 0. The summed E-state index contributed by atoms with van der Waals surface area (Å²) >= 11 is 0. The third kappa shape index (κ3) is 4.07. The summed E-state index contributed by atoms with van der Waals surface area (Å²) < 4.78 is 7.87. The van der Waals surface area contributed by atoms with Crippen molar-refractivity contribution in [2.24, 2.45) is 0 Å². The number of anilines is 1. The Balaban J connectivity index is 0.00000272. The first-order valence-electron chi connectivity index (χ1n) is 10.6. The van der Waals surface area contributed by atoms with Crippen LogP contribution in [0.3, 0.4) is 0 Å². The van der Waals surface area contributed by atoms with Gasteiger partial charge in [0.1, 0.15) is 12.6 Å². The fraction of sp³-hybridized carbons (Fsp3) is 0.308. The van der Waals surface area contributed by atoms with Crippen LogP contribution in [-0.4, -0.2) is 30.4 Å². The number of nitrogens with zero attached hydrogens (tertiary/aromatic N) is 2. The molecule has 4 nitrogen and oxygen atoms in total. The van der Waals surface area contributed by atoms with Gasteiger partial charge in [0.25, 0.3) is 0 Å². The molecule has 0 saturated carbocycles. The van der Waals surface area contributed by atoms with E-state index in [2.05, 4.69) is 74.5 Å². The van der Waals surface area contributed by atoms with E-state index in [9.17, 15) is 4.79 Å². The van der Waals surface area contributed by atoms with Crippen molar-refractivity contribution in [1.29, 1.82) is 0 Å². The quantitative estimate of drug-likeness (QED) is 0.290. The molecule has 31 heavy (non-hydrogen) atoms. The molecule has 0 spiro atoms. The van der Waals surface area contributed by atoms with Gasteiger partial charge in [-0.15, -0.1) is 0 Å². The smallest absolute Gasteiger partial charge is 0.343 e. The molecule has 0 saturated heterocycles. The van der Waals surface area contributed by atoms with Crippen molar-refractivity contribution in [3.8, 4) is 0 Å². The molecule has 0 N–H and O–H groups in total. The van der Waals surface area contributed by atoms with Crippen molar-refractivity contribution < 1.29 is 33.0 Å². The minimum Gasteiger partial charge on any atom is -1.00 e. The first-order valence-corrected chi connectivity index (χ1v) is 10.6. The Morgan fingerprint density at radius 1 is 1.03 bits per heavy atom. The number of halogens is 1. The lowest BCUT2D eigenvalue weighted by Crippen LogP contribution is -3.00. The average molecular weight is 528 g/mol. The van der Waals surface area contributed by atoms with Crippen LogP contribution in [0.15, 0.2) is 63.8 Å². The molecule has 0 radical (unpaired) electrons. The SMILES string of the molecule is CCN(CC)c1ccc2cc(/C=C/C3=[N+](C)c4ccccc4C3(C)C)c(=O)oc2c1.[I-]. The molecule has 0 bridgehead atoms. The molecule has 1 aliphatic rings. The van der Waals surface area contributed by atoms with E-state index in [1.807, 2.05) is 30.4 Å². The minimum atomic E-state index is -0.313. The lowest BCUT2D eigenvalue weighted by Gasteiger charge is -2.20. The summed E-state index contributed by atoms with van der Waals surface area (Å²) in [7, 11) is 2.07. The van der Waals surface area contributed by atoms with Gasteiger partial charge in [0, 0.05) is 47.9 Å². The van der Waals surface area contributed by atoms with E-state index in [0.29, 0.717) is 11.1 Å². The van der Waals surface area contributed by atoms with Crippen molar-refractivity contribution in [2.75, 3.05) is 25.0 Å². The molecule has 3 aromatic rings. The number of hydrogen-bond acceptors (Lipinski definition) is 3. The highest BCUT2D eigenvalue weighted by Crippen LogP contribution is 2.39. The van der Waals surface area contributed by atoms with Crippen molar-refractivity contribution >= 4 is 34.1 Å². The van der Waals surface area contributed by atoms with E-state index in [0.717, 1.165) is 29.9 Å². The predicted molar refractivity (Wildman–Crippen MR) is 125 cm³/mol. The summed E-state index contributed by atoms with van der Waals surface area (Å²) in [5.41, 5.74) is 5.47. The number of rotatable bonds is 5. The second-order valence-electron chi connectivity index (χ2n) is 8.30. The van der Waals surface area contributed by atoms with E-state index < -0.39 is 0 Å². The van der Waals surface area contributed by atoms with Crippen LogP contribution in [0.25, 0.3) is 17.0 Å². The maximum absolute atomic E-state index is 12.7. The van der Waals surface area contributed by atoms with Gasteiger partial charge >= 0.3 is 5.63 Å². The molecule has 1 aliphatic heterocycles. The van der Waals surface area contributed by atoms with Gasteiger partial charge < -0.3 is 33.3 Å². The third-order valence-corrected chi connectivity index (χ3v) is 6.24. The second-order valence-corrected chi connectivity index (χ2v) is 8.30. The zero-order chi connectivity index (χ0) is 21.5. The number of fused-ring (bicyclic) bond motifs is 2. The van der Waals surface area contributed by atoms with Crippen LogP contribution in [0.2, 0.25) is 0 Å². The predicted octanol–water partition coefficient (Wildman–Crippen LogP) is 2.36. The summed E-state index contributed by atoms with van der Waals surface area (Å²) in [6.45, 7) is 10.5. The van der Waals surface area contributed by atoms with E-state index in [-0.39, 0.29) is 35.0 Å². The molecule has 0 fully saturated rings. The van der Waals surface area contributed by atoms with Gasteiger partial charge in [-0.1, -0.05) is 18.2 Å². The van der Waals surface area contributed by atoms with Gasteiger partial charge in [-0.3, -0.25) is 0 Å². The van der Waals surface area contributed by atoms with Crippen LogP contribution in [-0.2, 0) is 5.41 Å². The molecule has 5 heteroatoms. The van der Waals surface area contributed by atoms with E-state index in [1.54, 1.807) is 0 Å². The molecule has 0 unspecified atom stereocenters. The Labute approximate surface area is 200 Å². The zero-order valence-electron chi connectivity index (χ0n) is 18.8.